The van der Waals surface area contributed by atoms with Gasteiger partial charge in [-0.25, -0.2) is 4.98 Å². The van der Waals surface area contributed by atoms with Crippen LogP contribution in [0.3, 0.4) is 0 Å². The van der Waals surface area contributed by atoms with Crippen LogP contribution in [0.5, 0.6) is 0 Å². The summed E-state index contributed by atoms with van der Waals surface area (Å²) in [5.41, 5.74) is 0.996. The molecule has 2 rings (SSSR count). The van der Waals surface area contributed by atoms with Crippen molar-refractivity contribution in [3.05, 3.63) is 17.8 Å². The molecule has 15 heavy (non-hydrogen) atoms. The lowest BCUT2D eigenvalue weighted by Gasteiger charge is -2.36. The van der Waals surface area contributed by atoms with Gasteiger partial charge in [-0.15, -0.1) is 0 Å². The van der Waals surface area contributed by atoms with Crippen molar-refractivity contribution in [2.45, 2.75) is 38.8 Å². The molecule has 1 heterocycles. The van der Waals surface area contributed by atoms with E-state index in [2.05, 4.69) is 9.88 Å². The van der Waals surface area contributed by atoms with Crippen molar-refractivity contribution in [2.24, 2.45) is 0 Å². The number of aromatic nitrogens is 1. The molecule has 0 atom stereocenters. The maximum Gasteiger partial charge on any atom is 0.181 e. The number of nitrogens with zero attached hydrogens (tertiary/aromatic N) is 2. The highest BCUT2D eigenvalue weighted by Crippen LogP contribution is 2.26. The number of oxazole rings is 1. The topological polar surface area (TPSA) is 49.5 Å². The maximum absolute atomic E-state index is 9.02. The quantitative estimate of drug-likeness (QED) is 0.796. The first-order valence-corrected chi connectivity index (χ1v) is 5.55. The van der Waals surface area contributed by atoms with Gasteiger partial charge in [-0.05, 0) is 19.8 Å². The van der Waals surface area contributed by atoms with Crippen molar-refractivity contribution in [2.75, 3.05) is 13.2 Å². The van der Waals surface area contributed by atoms with E-state index >= 15 is 0 Å². The summed E-state index contributed by atoms with van der Waals surface area (Å²) in [6, 6.07) is 0.633. The molecule has 4 heteroatoms. The fraction of sp³-hybridized carbons (Fsp3) is 0.727. The van der Waals surface area contributed by atoms with Gasteiger partial charge >= 0.3 is 0 Å². The first-order valence-electron chi connectivity index (χ1n) is 5.55. The van der Waals surface area contributed by atoms with E-state index in [4.69, 9.17) is 9.52 Å². The molecule has 1 fully saturated rings. The summed E-state index contributed by atoms with van der Waals surface area (Å²) in [6.07, 6.45) is 5.29. The Kier molecular flexibility index (Phi) is 3.38. The fourth-order valence-corrected chi connectivity index (χ4v) is 1.94. The molecular weight excluding hydrogens is 192 g/mol. The number of hydrogen-bond acceptors (Lipinski definition) is 4. The molecule has 0 saturated heterocycles. The largest absolute Gasteiger partial charge is 0.448 e. The molecule has 1 aliphatic rings. The highest BCUT2D eigenvalue weighted by molar-refractivity contribution is 5.05. The number of hydrogen-bond donors (Lipinski definition) is 1. The maximum atomic E-state index is 9.02. The van der Waals surface area contributed by atoms with Crippen LogP contribution in [0.25, 0.3) is 0 Å². The van der Waals surface area contributed by atoms with Gasteiger partial charge in [-0.3, -0.25) is 4.90 Å². The second kappa shape index (κ2) is 4.77. The van der Waals surface area contributed by atoms with E-state index in [1.807, 2.05) is 6.92 Å². The third-order valence-corrected chi connectivity index (χ3v) is 3.18. The molecule has 1 aromatic heterocycles. The van der Waals surface area contributed by atoms with Gasteiger partial charge < -0.3 is 9.52 Å². The van der Waals surface area contributed by atoms with Crippen molar-refractivity contribution in [3.63, 3.8) is 0 Å². The molecule has 1 N–H and O–H groups in total. The van der Waals surface area contributed by atoms with Crippen molar-refractivity contribution in [3.8, 4) is 0 Å². The summed E-state index contributed by atoms with van der Waals surface area (Å²) in [6.45, 7) is 3.68. The summed E-state index contributed by atoms with van der Waals surface area (Å²) in [4.78, 5) is 6.49. The van der Waals surface area contributed by atoms with Crippen LogP contribution in [0.15, 0.2) is 10.8 Å². The molecule has 0 radical (unpaired) electrons. The minimum absolute atomic E-state index is 0.216. The van der Waals surface area contributed by atoms with E-state index in [9.17, 15) is 0 Å². The van der Waals surface area contributed by atoms with Gasteiger partial charge in [0.15, 0.2) is 6.39 Å². The smallest absolute Gasteiger partial charge is 0.181 e. The van der Waals surface area contributed by atoms with Crippen molar-refractivity contribution in [1.82, 2.24) is 9.88 Å². The van der Waals surface area contributed by atoms with E-state index in [0.29, 0.717) is 6.04 Å². The lowest BCUT2D eigenvalue weighted by Crippen LogP contribution is -2.41. The zero-order valence-corrected chi connectivity index (χ0v) is 9.15. The van der Waals surface area contributed by atoms with Gasteiger partial charge in [0.1, 0.15) is 5.76 Å². The SMILES string of the molecule is Cc1ocnc1CN(CCO)C1CCC1. The van der Waals surface area contributed by atoms with Gasteiger partial charge in [-0.1, -0.05) is 6.42 Å². The molecule has 0 bridgehead atoms. The van der Waals surface area contributed by atoms with E-state index < -0.39 is 0 Å². The van der Waals surface area contributed by atoms with Crippen LogP contribution in [-0.2, 0) is 6.54 Å². The van der Waals surface area contributed by atoms with Crippen LogP contribution >= 0.6 is 0 Å². The van der Waals surface area contributed by atoms with Crippen LogP contribution in [0.1, 0.15) is 30.7 Å². The zero-order valence-electron chi connectivity index (χ0n) is 9.15. The van der Waals surface area contributed by atoms with Crippen LogP contribution in [-0.4, -0.2) is 34.2 Å². The summed E-state index contributed by atoms with van der Waals surface area (Å²) in [5, 5.41) is 9.02. The summed E-state index contributed by atoms with van der Waals surface area (Å²) in [7, 11) is 0. The highest BCUT2D eigenvalue weighted by Gasteiger charge is 2.25. The van der Waals surface area contributed by atoms with Crippen LogP contribution < -0.4 is 0 Å². The van der Waals surface area contributed by atoms with Crippen molar-refractivity contribution in [1.29, 1.82) is 0 Å². The second-order valence-corrected chi connectivity index (χ2v) is 4.13. The molecule has 1 aromatic rings. The second-order valence-electron chi connectivity index (χ2n) is 4.13. The number of aliphatic hydroxyl groups is 1. The number of rotatable bonds is 5. The Bertz CT molecular complexity index is 307. The predicted molar refractivity (Wildman–Crippen MR) is 56.4 cm³/mol. The Balaban J connectivity index is 1.96. The Morgan fingerprint density at radius 2 is 2.40 bits per heavy atom. The first kappa shape index (κ1) is 10.6. The Labute approximate surface area is 89.9 Å². The van der Waals surface area contributed by atoms with Crippen molar-refractivity contribution < 1.29 is 9.52 Å². The summed E-state index contributed by atoms with van der Waals surface area (Å²) < 4.78 is 5.17. The number of aryl methyl sites for hydroxylation is 1. The molecule has 0 unspecified atom stereocenters. The van der Waals surface area contributed by atoms with E-state index in [0.717, 1.165) is 24.5 Å². The van der Waals surface area contributed by atoms with Gasteiger partial charge in [0, 0.05) is 19.1 Å². The van der Waals surface area contributed by atoms with E-state index in [1.54, 1.807) is 0 Å². The lowest BCUT2D eigenvalue weighted by molar-refractivity contribution is 0.0930. The molecule has 84 valence electrons. The molecule has 1 aliphatic carbocycles. The molecule has 0 aliphatic heterocycles. The van der Waals surface area contributed by atoms with Crippen LogP contribution in [0.2, 0.25) is 0 Å². The Morgan fingerprint density at radius 3 is 2.87 bits per heavy atom. The van der Waals surface area contributed by atoms with E-state index in [-0.39, 0.29) is 6.61 Å². The molecule has 0 aromatic carbocycles. The highest BCUT2D eigenvalue weighted by atomic mass is 16.3. The van der Waals surface area contributed by atoms with Crippen LogP contribution in [0.4, 0.5) is 0 Å². The van der Waals surface area contributed by atoms with Gasteiger partial charge in [-0.2, -0.15) is 0 Å². The van der Waals surface area contributed by atoms with Gasteiger partial charge in [0.2, 0.25) is 0 Å². The zero-order chi connectivity index (χ0) is 10.7. The normalized spacial score (nSPS) is 17.0. The summed E-state index contributed by atoms with van der Waals surface area (Å²) >= 11 is 0. The lowest BCUT2D eigenvalue weighted by atomic mass is 9.91. The molecular formula is C11H18N2O2. The third kappa shape index (κ3) is 2.38. The molecule has 4 nitrogen and oxygen atoms in total. The monoisotopic (exact) mass is 210 g/mol. The molecule has 1 saturated carbocycles. The van der Waals surface area contributed by atoms with Crippen molar-refractivity contribution >= 4 is 0 Å². The van der Waals surface area contributed by atoms with Gasteiger partial charge in [0.05, 0.1) is 12.3 Å². The minimum Gasteiger partial charge on any atom is -0.448 e. The molecule has 0 spiro atoms. The van der Waals surface area contributed by atoms with E-state index in [1.165, 1.54) is 25.7 Å². The average molecular weight is 210 g/mol. The average Bonchev–Trinajstić information content (AvgIpc) is 2.49. The standard InChI is InChI=1S/C11H18N2O2/c1-9-11(12-8-15-9)7-13(5-6-14)10-3-2-4-10/h8,10,14H,2-7H2,1H3. The minimum atomic E-state index is 0.216. The Morgan fingerprint density at radius 1 is 1.60 bits per heavy atom. The molecule has 0 amide bonds. The van der Waals surface area contributed by atoms with Crippen LogP contribution in [0, 0.1) is 6.92 Å². The van der Waals surface area contributed by atoms with Gasteiger partial charge in [0.25, 0.3) is 0 Å². The Hall–Kier alpha value is -0.870. The third-order valence-electron chi connectivity index (χ3n) is 3.18. The fourth-order valence-electron chi connectivity index (χ4n) is 1.94. The first-order chi connectivity index (χ1) is 7.31. The summed E-state index contributed by atoms with van der Waals surface area (Å²) in [5.74, 6) is 0.886. The number of aliphatic hydroxyl groups excluding tert-OH is 1. The predicted octanol–water partition coefficient (Wildman–Crippen LogP) is 1.33.